The summed E-state index contributed by atoms with van der Waals surface area (Å²) < 4.78 is 19.0. The van der Waals surface area contributed by atoms with E-state index in [2.05, 4.69) is 25.7 Å². The molecular formula is C21H20FN5O2. The maximum absolute atomic E-state index is 13.7. The summed E-state index contributed by atoms with van der Waals surface area (Å²) in [6.45, 7) is 2.97. The molecule has 148 valence electrons. The van der Waals surface area contributed by atoms with Crippen molar-refractivity contribution < 1.29 is 13.9 Å². The zero-order valence-corrected chi connectivity index (χ0v) is 15.6. The summed E-state index contributed by atoms with van der Waals surface area (Å²) in [7, 11) is 0. The van der Waals surface area contributed by atoms with Gasteiger partial charge < -0.3 is 20.3 Å². The molecule has 2 N–H and O–H groups in total. The van der Waals surface area contributed by atoms with E-state index in [0.717, 1.165) is 24.5 Å². The van der Waals surface area contributed by atoms with Crippen molar-refractivity contribution in [3.05, 3.63) is 66.5 Å². The van der Waals surface area contributed by atoms with E-state index in [1.54, 1.807) is 24.3 Å². The van der Waals surface area contributed by atoms with Crippen LogP contribution >= 0.6 is 0 Å². The van der Waals surface area contributed by atoms with E-state index in [1.165, 1.54) is 12.1 Å². The number of nitrogens with zero attached hydrogens (tertiary/aromatic N) is 3. The predicted octanol–water partition coefficient (Wildman–Crippen LogP) is 3.76. The number of hydrogen-bond donors (Lipinski definition) is 2. The van der Waals surface area contributed by atoms with Crippen molar-refractivity contribution >= 4 is 23.2 Å². The first-order chi connectivity index (χ1) is 14.2. The molecule has 0 spiro atoms. The van der Waals surface area contributed by atoms with Crippen LogP contribution < -0.4 is 15.5 Å². The van der Waals surface area contributed by atoms with Gasteiger partial charge in [0.05, 0.1) is 24.6 Å². The number of hydrogen-bond acceptors (Lipinski definition) is 5. The second kappa shape index (κ2) is 8.66. The van der Waals surface area contributed by atoms with Gasteiger partial charge in [0.25, 0.3) is 0 Å². The van der Waals surface area contributed by atoms with E-state index in [-0.39, 0.29) is 5.69 Å². The number of benzene rings is 2. The summed E-state index contributed by atoms with van der Waals surface area (Å²) in [4.78, 5) is 14.3. The Hall–Kier alpha value is -3.52. The third-order valence-electron chi connectivity index (χ3n) is 4.52. The SMILES string of the molecule is O=C(Nc1cccc(-c2ccc(N3CCOCC3)nn2)c1)Nc1ccccc1F. The Balaban J connectivity index is 1.44. The van der Waals surface area contributed by atoms with Crippen LogP contribution in [0.25, 0.3) is 11.3 Å². The highest BCUT2D eigenvalue weighted by Crippen LogP contribution is 2.22. The summed E-state index contributed by atoms with van der Waals surface area (Å²) in [5.74, 6) is 0.322. The first-order valence-corrected chi connectivity index (χ1v) is 9.28. The van der Waals surface area contributed by atoms with Gasteiger partial charge in [-0.3, -0.25) is 0 Å². The molecule has 2 amide bonds. The molecular weight excluding hydrogens is 373 g/mol. The molecule has 0 unspecified atom stereocenters. The number of morpholine rings is 1. The van der Waals surface area contributed by atoms with Gasteiger partial charge >= 0.3 is 6.03 Å². The monoisotopic (exact) mass is 393 g/mol. The Bertz CT molecular complexity index is 990. The number of carbonyl (C=O) groups excluding carboxylic acids is 1. The highest BCUT2D eigenvalue weighted by Gasteiger charge is 2.13. The van der Waals surface area contributed by atoms with Gasteiger partial charge in [0.1, 0.15) is 5.82 Å². The number of nitrogens with one attached hydrogen (secondary N) is 2. The normalized spacial score (nSPS) is 13.8. The molecule has 0 radical (unpaired) electrons. The van der Waals surface area contributed by atoms with E-state index in [0.29, 0.717) is 24.6 Å². The van der Waals surface area contributed by atoms with Crippen LogP contribution in [0.15, 0.2) is 60.7 Å². The molecule has 1 aliphatic rings. The van der Waals surface area contributed by atoms with Gasteiger partial charge in [-0.05, 0) is 36.4 Å². The highest BCUT2D eigenvalue weighted by atomic mass is 19.1. The van der Waals surface area contributed by atoms with Crippen LogP contribution in [-0.4, -0.2) is 42.5 Å². The number of amides is 2. The number of urea groups is 1. The van der Waals surface area contributed by atoms with Gasteiger partial charge in [-0.25, -0.2) is 9.18 Å². The lowest BCUT2D eigenvalue weighted by molar-refractivity contribution is 0.122. The Morgan fingerprint density at radius 3 is 2.55 bits per heavy atom. The Kier molecular flexibility index (Phi) is 5.62. The van der Waals surface area contributed by atoms with Crippen LogP contribution in [0.2, 0.25) is 0 Å². The second-order valence-corrected chi connectivity index (χ2v) is 6.52. The molecule has 4 rings (SSSR count). The minimum Gasteiger partial charge on any atom is -0.378 e. The quantitative estimate of drug-likeness (QED) is 0.706. The van der Waals surface area contributed by atoms with Crippen molar-refractivity contribution in [2.75, 3.05) is 41.8 Å². The fourth-order valence-corrected chi connectivity index (χ4v) is 3.04. The lowest BCUT2D eigenvalue weighted by Crippen LogP contribution is -2.36. The number of carbonyl (C=O) groups is 1. The first kappa shape index (κ1) is 18.8. The molecule has 0 atom stereocenters. The fraction of sp³-hybridized carbons (Fsp3) is 0.190. The van der Waals surface area contributed by atoms with Gasteiger partial charge in [-0.1, -0.05) is 24.3 Å². The van der Waals surface area contributed by atoms with E-state index in [9.17, 15) is 9.18 Å². The second-order valence-electron chi connectivity index (χ2n) is 6.52. The van der Waals surface area contributed by atoms with Crippen LogP contribution in [0.4, 0.5) is 26.4 Å². The highest BCUT2D eigenvalue weighted by molar-refractivity contribution is 6.00. The number of para-hydroxylation sites is 1. The lowest BCUT2D eigenvalue weighted by atomic mass is 10.1. The molecule has 8 heteroatoms. The molecule has 3 aromatic rings. The van der Waals surface area contributed by atoms with Crippen molar-refractivity contribution in [3.63, 3.8) is 0 Å². The first-order valence-electron chi connectivity index (χ1n) is 9.28. The predicted molar refractivity (Wildman–Crippen MR) is 110 cm³/mol. The summed E-state index contributed by atoms with van der Waals surface area (Å²) in [5, 5.41) is 13.8. The van der Waals surface area contributed by atoms with Crippen molar-refractivity contribution in [1.82, 2.24) is 10.2 Å². The zero-order chi connectivity index (χ0) is 20.1. The average molecular weight is 393 g/mol. The number of ether oxygens (including phenoxy) is 1. The van der Waals surface area contributed by atoms with Crippen LogP contribution in [-0.2, 0) is 4.74 Å². The summed E-state index contributed by atoms with van der Waals surface area (Å²) in [5.41, 5.74) is 2.19. The van der Waals surface area contributed by atoms with E-state index in [1.807, 2.05) is 24.3 Å². The Morgan fingerprint density at radius 1 is 0.966 bits per heavy atom. The van der Waals surface area contributed by atoms with E-state index >= 15 is 0 Å². The molecule has 7 nitrogen and oxygen atoms in total. The number of aromatic nitrogens is 2. The van der Waals surface area contributed by atoms with Crippen LogP contribution in [0, 0.1) is 5.82 Å². The van der Waals surface area contributed by atoms with Gasteiger partial charge in [0, 0.05) is 24.3 Å². The standard InChI is InChI=1S/C21H20FN5O2/c22-17-6-1-2-7-19(17)24-21(28)23-16-5-3-4-15(14-16)18-8-9-20(26-25-18)27-10-12-29-13-11-27/h1-9,14H,10-13H2,(H2,23,24,28). The molecule has 2 heterocycles. The Labute approximate surface area is 167 Å². The fourth-order valence-electron chi connectivity index (χ4n) is 3.04. The van der Waals surface area contributed by atoms with Gasteiger partial charge in [-0.2, -0.15) is 0 Å². The molecule has 1 saturated heterocycles. The topological polar surface area (TPSA) is 79.4 Å². The van der Waals surface area contributed by atoms with E-state index < -0.39 is 11.8 Å². The van der Waals surface area contributed by atoms with Crippen LogP contribution in [0.3, 0.4) is 0 Å². The zero-order valence-electron chi connectivity index (χ0n) is 15.6. The number of rotatable bonds is 4. The van der Waals surface area contributed by atoms with E-state index in [4.69, 9.17) is 4.74 Å². The van der Waals surface area contributed by atoms with Gasteiger partial charge in [0.15, 0.2) is 5.82 Å². The molecule has 1 aromatic heterocycles. The number of anilines is 3. The van der Waals surface area contributed by atoms with Crippen molar-refractivity contribution in [2.24, 2.45) is 0 Å². The molecule has 0 saturated carbocycles. The molecule has 1 fully saturated rings. The molecule has 2 aromatic carbocycles. The average Bonchev–Trinajstić information content (AvgIpc) is 2.76. The maximum Gasteiger partial charge on any atom is 0.323 e. The Morgan fingerprint density at radius 2 is 1.79 bits per heavy atom. The lowest BCUT2D eigenvalue weighted by Gasteiger charge is -2.27. The van der Waals surface area contributed by atoms with Crippen molar-refractivity contribution in [1.29, 1.82) is 0 Å². The summed E-state index contributed by atoms with van der Waals surface area (Å²) in [6, 6.07) is 16.5. The minimum absolute atomic E-state index is 0.116. The molecule has 29 heavy (non-hydrogen) atoms. The summed E-state index contributed by atoms with van der Waals surface area (Å²) >= 11 is 0. The largest absolute Gasteiger partial charge is 0.378 e. The molecule has 0 bridgehead atoms. The van der Waals surface area contributed by atoms with Crippen molar-refractivity contribution in [2.45, 2.75) is 0 Å². The van der Waals surface area contributed by atoms with Crippen LogP contribution in [0.1, 0.15) is 0 Å². The van der Waals surface area contributed by atoms with Gasteiger partial charge in [0.2, 0.25) is 0 Å². The molecule has 1 aliphatic heterocycles. The van der Waals surface area contributed by atoms with Crippen LogP contribution in [0.5, 0.6) is 0 Å². The summed E-state index contributed by atoms with van der Waals surface area (Å²) in [6.07, 6.45) is 0. The number of halogens is 1. The third kappa shape index (κ3) is 4.67. The van der Waals surface area contributed by atoms with Gasteiger partial charge in [-0.15, -0.1) is 10.2 Å². The minimum atomic E-state index is -0.527. The third-order valence-corrected chi connectivity index (χ3v) is 4.52. The smallest absolute Gasteiger partial charge is 0.323 e. The maximum atomic E-state index is 13.7. The molecule has 0 aliphatic carbocycles. The van der Waals surface area contributed by atoms with Crippen molar-refractivity contribution in [3.8, 4) is 11.3 Å².